The third kappa shape index (κ3) is 6.08. The molecule has 0 fully saturated rings. The zero-order valence-corrected chi connectivity index (χ0v) is 12.8. The monoisotopic (exact) mass is 286 g/mol. The van der Waals surface area contributed by atoms with E-state index < -0.39 is 0 Å². The van der Waals surface area contributed by atoms with E-state index in [1.807, 2.05) is 31.2 Å². The summed E-state index contributed by atoms with van der Waals surface area (Å²) in [6.07, 6.45) is 7.54. The topological polar surface area (TPSA) is 49.4 Å². The van der Waals surface area contributed by atoms with E-state index in [2.05, 4.69) is 5.32 Å². The Morgan fingerprint density at radius 1 is 1.24 bits per heavy atom. The van der Waals surface area contributed by atoms with E-state index in [1.54, 1.807) is 37.2 Å². The second-order valence-corrected chi connectivity index (χ2v) is 4.83. The minimum absolute atomic E-state index is 0.0184. The van der Waals surface area contributed by atoms with Gasteiger partial charge in [-0.1, -0.05) is 30.4 Å². The maximum Gasteiger partial charge on any atom is 0.253 e. The summed E-state index contributed by atoms with van der Waals surface area (Å²) in [7, 11) is 3.46. The van der Waals surface area contributed by atoms with Crippen LogP contribution in [0.1, 0.15) is 22.8 Å². The number of allylic oxidation sites excluding steroid dienone is 3. The molecule has 0 aliphatic rings. The molecule has 0 heterocycles. The Hall–Kier alpha value is -2.36. The highest BCUT2D eigenvalue weighted by atomic mass is 16.2. The van der Waals surface area contributed by atoms with Gasteiger partial charge in [0, 0.05) is 32.3 Å². The summed E-state index contributed by atoms with van der Waals surface area (Å²) >= 11 is 0. The van der Waals surface area contributed by atoms with Crippen LogP contribution in [0, 0.1) is 0 Å². The Morgan fingerprint density at radius 2 is 2.00 bits per heavy atom. The van der Waals surface area contributed by atoms with Crippen molar-refractivity contribution in [2.24, 2.45) is 0 Å². The van der Waals surface area contributed by atoms with Crippen molar-refractivity contribution in [3.05, 3.63) is 59.7 Å². The van der Waals surface area contributed by atoms with Gasteiger partial charge in [-0.2, -0.15) is 0 Å². The lowest BCUT2D eigenvalue weighted by atomic mass is 10.1. The second kappa shape index (κ2) is 8.74. The van der Waals surface area contributed by atoms with Crippen LogP contribution >= 0.6 is 0 Å². The number of carbonyl (C=O) groups is 2. The molecule has 112 valence electrons. The summed E-state index contributed by atoms with van der Waals surface area (Å²) in [4.78, 5) is 24.9. The first-order valence-electron chi connectivity index (χ1n) is 6.92. The zero-order chi connectivity index (χ0) is 15.7. The van der Waals surface area contributed by atoms with Gasteiger partial charge in [-0.05, 0) is 31.0 Å². The van der Waals surface area contributed by atoms with Crippen LogP contribution in [0.4, 0.5) is 0 Å². The van der Waals surface area contributed by atoms with Gasteiger partial charge in [0.05, 0.1) is 0 Å². The van der Waals surface area contributed by atoms with Crippen LogP contribution in [0.25, 0.3) is 0 Å². The summed E-state index contributed by atoms with van der Waals surface area (Å²) in [6, 6.07) is 7.47. The number of nitrogens with one attached hydrogen (secondary N) is 1. The number of amides is 2. The van der Waals surface area contributed by atoms with Gasteiger partial charge in [-0.15, -0.1) is 0 Å². The molecule has 0 bridgehead atoms. The lowest BCUT2D eigenvalue weighted by Crippen LogP contribution is -2.24. The number of rotatable bonds is 6. The minimum atomic E-state index is -0.117. The van der Waals surface area contributed by atoms with E-state index in [4.69, 9.17) is 0 Å². The van der Waals surface area contributed by atoms with E-state index in [0.29, 0.717) is 18.5 Å². The normalized spacial score (nSPS) is 11.0. The fourth-order valence-corrected chi connectivity index (χ4v) is 1.76. The quantitative estimate of drug-likeness (QED) is 0.643. The molecule has 1 aromatic carbocycles. The molecule has 1 aromatic rings. The molecular weight excluding hydrogens is 264 g/mol. The molecule has 1 rings (SSSR count). The van der Waals surface area contributed by atoms with E-state index in [1.165, 1.54) is 6.08 Å². The number of benzene rings is 1. The van der Waals surface area contributed by atoms with Crippen molar-refractivity contribution in [1.29, 1.82) is 0 Å². The first kappa shape index (κ1) is 16.7. The van der Waals surface area contributed by atoms with Gasteiger partial charge in [0.25, 0.3) is 5.91 Å². The molecule has 2 amide bonds. The second-order valence-electron chi connectivity index (χ2n) is 4.83. The third-order valence-corrected chi connectivity index (χ3v) is 2.84. The molecule has 0 radical (unpaired) electrons. The molecule has 0 atom stereocenters. The molecule has 4 heteroatoms. The summed E-state index contributed by atoms with van der Waals surface area (Å²) in [5.74, 6) is -0.135. The molecule has 0 saturated carbocycles. The van der Waals surface area contributed by atoms with Gasteiger partial charge in [0.1, 0.15) is 0 Å². The van der Waals surface area contributed by atoms with E-state index in [9.17, 15) is 9.59 Å². The Morgan fingerprint density at radius 3 is 2.67 bits per heavy atom. The lowest BCUT2D eigenvalue weighted by molar-refractivity contribution is -0.116. The number of hydrogen-bond acceptors (Lipinski definition) is 2. The fraction of sp³-hybridized carbons (Fsp3) is 0.294. The van der Waals surface area contributed by atoms with Crippen LogP contribution in [-0.2, 0) is 11.2 Å². The Bertz CT molecular complexity index is 545. The van der Waals surface area contributed by atoms with Crippen molar-refractivity contribution in [1.82, 2.24) is 10.2 Å². The van der Waals surface area contributed by atoms with Crippen molar-refractivity contribution in [3.8, 4) is 0 Å². The van der Waals surface area contributed by atoms with Crippen LogP contribution < -0.4 is 5.32 Å². The van der Waals surface area contributed by atoms with Crippen molar-refractivity contribution in [2.75, 3.05) is 20.6 Å². The summed E-state index contributed by atoms with van der Waals surface area (Å²) in [5, 5.41) is 2.81. The third-order valence-electron chi connectivity index (χ3n) is 2.84. The maximum atomic E-state index is 11.9. The van der Waals surface area contributed by atoms with Gasteiger partial charge < -0.3 is 10.2 Å². The summed E-state index contributed by atoms with van der Waals surface area (Å²) < 4.78 is 0. The average Bonchev–Trinajstić information content (AvgIpc) is 2.47. The standard InChI is InChI=1S/C17H22N2O2/c1-4-5-6-10-16(20)18-12-11-14-8-7-9-15(13-14)17(21)19(2)3/h4-10,13H,11-12H2,1-3H3,(H,18,20)/b5-4+,10-6+. The molecule has 1 N–H and O–H groups in total. The highest BCUT2D eigenvalue weighted by Crippen LogP contribution is 2.07. The van der Waals surface area contributed by atoms with E-state index >= 15 is 0 Å². The van der Waals surface area contributed by atoms with Crippen molar-refractivity contribution in [2.45, 2.75) is 13.3 Å². The first-order valence-corrected chi connectivity index (χ1v) is 6.92. The number of nitrogens with zero attached hydrogens (tertiary/aromatic N) is 1. The van der Waals surface area contributed by atoms with Gasteiger partial charge >= 0.3 is 0 Å². The molecule has 0 aromatic heterocycles. The molecule has 0 aliphatic heterocycles. The van der Waals surface area contributed by atoms with Crippen LogP contribution in [0.3, 0.4) is 0 Å². The average molecular weight is 286 g/mol. The predicted molar refractivity (Wildman–Crippen MR) is 85.1 cm³/mol. The van der Waals surface area contributed by atoms with Gasteiger partial charge in [-0.3, -0.25) is 9.59 Å². The van der Waals surface area contributed by atoms with Gasteiger partial charge in [0.2, 0.25) is 5.91 Å². The van der Waals surface area contributed by atoms with Gasteiger partial charge in [0.15, 0.2) is 0 Å². The van der Waals surface area contributed by atoms with Crippen LogP contribution in [0.5, 0.6) is 0 Å². The van der Waals surface area contributed by atoms with E-state index in [0.717, 1.165) is 5.56 Å². The van der Waals surface area contributed by atoms with Crippen LogP contribution in [0.2, 0.25) is 0 Å². The number of carbonyl (C=O) groups excluding carboxylic acids is 2. The molecule has 4 nitrogen and oxygen atoms in total. The molecular formula is C17H22N2O2. The van der Waals surface area contributed by atoms with Gasteiger partial charge in [-0.25, -0.2) is 0 Å². The zero-order valence-electron chi connectivity index (χ0n) is 12.8. The highest BCUT2D eigenvalue weighted by molar-refractivity contribution is 5.94. The predicted octanol–water partition coefficient (Wildman–Crippen LogP) is 2.18. The Labute approximate surface area is 126 Å². The van der Waals surface area contributed by atoms with Crippen molar-refractivity contribution in [3.63, 3.8) is 0 Å². The smallest absolute Gasteiger partial charge is 0.253 e. The molecule has 0 spiro atoms. The Kier molecular flexibility index (Phi) is 6.95. The fourth-order valence-electron chi connectivity index (χ4n) is 1.76. The number of hydrogen-bond donors (Lipinski definition) is 1. The molecule has 0 unspecified atom stereocenters. The maximum absolute atomic E-state index is 11.9. The van der Waals surface area contributed by atoms with E-state index in [-0.39, 0.29) is 11.8 Å². The van der Waals surface area contributed by atoms with Crippen LogP contribution in [-0.4, -0.2) is 37.4 Å². The summed E-state index contributed by atoms with van der Waals surface area (Å²) in [6.45, 7) is 2.43. The lowest BCUT2D eigenvalue weighted by Gasteiger charge is -2.11. The summed E-state index contributed by atoms with van der Waals surface area (Å²) in [5.41, 5.74) is 1.69. The van der Waals surface area contributed by atoms with Crippen LogP contribution in [0.15, 0.2) is 48.6 Å². The largest absolute Gasteiger partial charge is 0.352 e. The molecule has 0 aliphatic carbocycles. The van der Waals surface area contributed by atoms with Crippen molar-refractivity contribution < 1.29 is 9.59 Å². The van der Waals surface area contributed by atoms with Crippen molar-refractivity contribution >= 4 is 11.8 Å². The minimum Gasteiger partial charge on any atom is -0.352 e. The molecule has 21 heavy (non-hydrogen) atoms. The molecule has 0 saturated heterocycles. The SMILES string of the molecule is C/C=C/C=C/C(=O)NCCc1cccc(C(=O)N(C)C)c1. The Balaban J connectivity index is 2.51. The highest BCUT2D eigenvalue weighted by Gasteiger charge is 2.07. The first-order chi connectivity index (χ1) is 10.0.